The van der Waals surface area contributed by atoms with Gasteiger partial charge in [0.05, 0.1) is 0 Å². The first-order valence-electron chi connectivity index (χ1n) is 4.47. The molecule has 0 atom stereocenters. The summed E-state index contributed by atoms with van der Waals surface area (Å²) in [7, 11) is 0. The second-order valence-electron chi connectivity index (χ2n) is 2.77. The molecule has 1 aromatic heterocycles. The molecule has 1 nitrogen and oxygen atoms in total. The van der Waals surface area contributed by atoms with Gasteiger partial charge in [-0.15, -0.1) is 0 Å². The fraction of sp³-hybridized carbons (Fsp3) is 0.364. The third-order valence-corrected chi connectivity index (χ3v) is 1.93. The Morgan fingerprint density at radius 2 is 2.25 bits per heavy atom. The molecule has 1 heterocycles. The number of hydrogen-bond donors (Lipinski definition) is 0. The molecule has 0 aliphatic heterocycles. The number of pyridine rings is 1. The number of hydrogen-bond acceptors (Lipinski definition) is 0. The summed E-state index contributed by atoms with van der Waals surface area (Å²) in [4.78, 5) is 0. The predicted octanol–water partition coefficient (Wildman–Crippen LogP) is 2.11. The van der Waals surface area contributed by atoms with Crippen LogP contribution in [-0.4, -0.2) is 0 Å². The molecule has 0 aromatic carbocycles. The highest BCUT2D eigenvalue weighted by Crippen LogP contribution is 1.91. The number of allylic oxidation sites excluding steroid dienone is 2. The van der Waals surface area contributed by atoms with Gasteiger partial charge < -0.3 is 0 Å². The lowest BCUT2D eigenvalue weighted by Gasteiger charge is -1.97. The van der Waals surface area contributed by atoms with Gasteiger partial charge in [0.25, 0.3) is 0 Å². The summed E-state index contributed by atoms with van der Waals surface area (Å²) in [6.45, 7) is 5.22. The SMILES string of the molecule is C/C=C/C[n+]1ccccc1CC. The third-order valence-electron chi connectivity index (χ3n) is 1.93. The molecule has 0 fully saturated rings. The minimum absolute atomic E-state index is 0.987. The zero-order valence-electron chi connectivity index (χ0n) is 7.83. The van der Waals surface area contributed by atoms with Crippen LogP contribution in [0.3, 0.4) is 0 Å². The summed E-state index contributed by atoms with van der Waals surface area (Å²) in [5.74, 6) is 0. The van der Waals surface area contributed by atoms with Crippen LogP contribution >= 0.6 is 0 Å². The normalized spacial score (nSPS) is 10.8. The highest BCUT2D eigenvalue weighted by molar-refractivity contribution is 4.96. The maximum atomic E-state index is 2.26. The summed E-state index contributed by atoms with van der Waals surface area (Å²) in [5, 5.41) is 0. The van der Waals surface area contributed by atoms with E-state index >= 15 is 0 Å². The summed E-state index contributed by atoms with van der Waals surface area (Å²) in [6.07, 6.45) is 7.47. The second-order valence-corrected chi connectivity index (χ2v) is 2.77. The van der Waals surface area contributed by atoms with Gasteiger partial charge in [0, 0.05) is 18.6 Å². The highest BCUT2D eigenvalue weighted by Gasteiger charge is 2.03. The minimum atomic E-state index is 0.987. The molecule has 0 bridgehead atoms. The van der Waals surface area contributed by atoms with Crippen LogP contribution in [-0.2, 0) is 13.0 Å². The fourth-order valence-corrected chi connectivity index (χ4v) is 1.23. The number of nitrogens with zero attached hydrogens (tertiary/aromatic N) is 1. The smallest absolute Gasteiger partial charge is 0.181 e. The number of rotatable bonds is 3. The van der Waals surface area contributed by atoms with Crippen molar-refractivity contribution in [2.45, 2.75) is 26.8 Å². The van der Waals surface area contributed by atoms with Crippen molar-refractivity contribution < 1.29 is 4.57 Å². The van der Waals surface area contributed by atoms with E-state index in [0.29, 0.717) is 0 Å². The minimum Gasteiger partial charge on any atom is -0.199 e. The summed E-state index contributed by atoms with van der Waals surface area (Å²) >= 11 is 0. The monoisotopic (exact) mass is 162 g/mol. The van der Waals surface area contributed by atoms with Crippen LogP contribution in [0.25, 0.3) is 0 Å². The Morgan fingerprint density at radius 1 is 1.42 bits per heavy atom. The molecule has 1 rings (SSSR count). The lowest BCUT2D eigenvalue weighted by Crippen LogP contribution is -2.36. The van der Waals surface area contributed by atoms with Crippen molar-refractivity contribution in [3.8, 4) is 0 Å². The van der Waals surface area contributed by atoms with E-state index in [1.54, 1.807) is 0 Å². The predicted molar refractivity (Wildman–Crippen MR) is 50.8 cm³/mol. The zero-order chi connectivity index (χ0) is 8.81. The van der Waals surface area contributed by atoms with E-state index in [9.17, 15) is 0 Å². The highest BCUT2D eigenvalue weighted by atomic mass is 14.9. The molecule has 1 heteroatoms. The van der Waals surface area contributed by atoms with Crippen LogP contribution in [0, 0.1) is 0 Å². The Balaban J connectivity index is 2.81. The molecular formula is C11H16N+. The maximum absolute atomic E-state index is 2.26. The summed E-state index contributed by atoms with van der Waals surface area (Å²) in [6, 6.07) is 6.33. The Morgan fingerprint density at radius 3 is 2.92 bits per heavy atom. The van der Waals surface area contributed by atoms with E-state index in [1.165, 1.54) is 5.69 Å². The summed E-state index contributed by atoms with van der Waals surface area (Å²) in [5.41, 5.74) is 1.38. The van der Waals surface area contributed by atoms with Crippen molar-refractivity contribution in [1.82, 2.24) is 0 Å². The van der Waals surface area contributed by atoms with Crippen molar-refractivity contribution in [1.29, 1.82) is 0 Å². The Labute approximate surface area is 74.4 Å². The average molecular weight is 162 g/mol. The molecule has 0 aliphatic carbocycles. The van der Waals surface area contributed by atoms with Crippen LogP contribution in [0.2, 0.25) is 0 Å². The van der Waals surface area contributed by atoms with Gasteiger partial charge in [-0.2, -0.15) is 4.57 Å². The molecule has 64 valence electrons. The van der Waals surface area contributed by atoms with Crippen LogP contribution in [0.15, 0.2) is 36.5 Å². The van der Waals surface area contributed by atoms with Crippen LogP contribution in [0.5, 0.6) is 0 Å². The molecule has 0 amide bonds. The van der Waals surface area contributed by atoms with Crippen LogP contribution in [0.4, 0.5) is 0 Å². The molecule has 0 N–H and O–H groups in total. The lowest BCUT2D eigenvalue weighted by molar-refractivity contribution is -0.694. The second kappa shape index (κ2) is 4.70. The average Bonchev–Trinajstić information content (AvgIpc) is 2.15. The molecule has 1 aromatic rings. The Kier molecular flexibility index (Phi) is 3.52. The standard InChI is InChI=1S/C11H16N/c1-3-5-9-12-10-7-6-8-11(12)4-2/h3,5-8,10H,4,9H2,1-2H3/q+1/b5-3+. The topological polar surface area (TPSA) is 3.88 Å². The van der Waals surface area contributed by atoms with E-state index in [-0.39, 0.29) is 0 Å². The molecule has 12 heavy (non-hydrogen) atoms. The molecular weight excluding hydrogens is 146 g/mol. The molecule has 0 spiro atoms. The summed E-state index contributed by atoms with van der Waals surface area (Å²) < 4.78 is 2.26. The van der Waals surface area contributed by atoms with Gasteiger partial charge in [-0.25, -0.2) is 0 Å². The van der Waals surface area contributed by atoms with E-state index in [4.69, 9.17) is 0 Å². The number of aryl methyl sites for hydroxylation is 1. The molecule has 0 aliphatic rings. The van der Waals surface area contributed by atoms with Gasteiger partial charge in [-0.05, 0) is 13.0 Å². The van der Waals surface area contributed by atoms with Crippen molar-refractivity contribution >= 4 is 0 Å². The molecule has 0 radical (unpaired) electrons. The van der Waals surface area contributed by atoms with Crippen molar-refractivity contribution in [2.24, 2.45) is 0 Å². The molecule has 0 saturated carbocycles. The van der Waals surface area contributed by atoms with Gasteiger partial charge in [-0.1, -0.05) is 19.1 Å². The maximum Gasteiger partial charge on any atom is 0.181 e. The van der Waals surface area contributed by atoms with Crippen LogP contribution < -0.4 is 4.57 Å². The van der Waals surface area contributed by atoms with Crippen molar-refractivity contribution in [2.75, 3.05) is 0 Å². The first-order valence-corrected chi connectivity index (χ1v) is 4.47. The molecule has 0 saturated heterocycles. The van der Waals surface area contributed by atoms with Gasteiger partial charge in [0.2, 0.25) is 0 Å². The van der Waals surface area contributed by atoms with Gasteiger partial charge in [-0.3, -0.25) is 0 Å². The van der Waals surface area contributed by atoms with Gasteiger partial charge >= 0.3 is 0 Å². The van der Waals surface area contributed by atoms with Gasteiger partial charge in [0.1, 0.15) is 0 Å². The Hall–Kier alpha value is -1.11. The fourth-order valence-electron chi connectivity index (χ4n) is 1.23. The zero-order valence-corrected chi connectivity index (χ0v) is 7.83. The van der Waals surface area contributed by atoms with Gasteiger partial charge in [0.15, 0.2) is 18.4 Å². The Bertz CT molecular complexity index is 263. The van der Waals surface area contributed by atoms with E-state index in [2.05, 4.69) is 55.0 Å². The molecule has 0 unspecified atom stereocenters. The van der Waals surface area contributed by atoms with Crippen LogP contribution in [0.1, 0.15) is 19.5 Å². The van der Waals surface area contributed by atoms with E-state index in [0.717, 1.165) is 13.0 Å². The van der Waals surface area contributed by atoms with Crippen molar-refractivity contribution in [3.63, 3.8) is 0 Å². The first kappa shape index (κ1) is 8.98. The lowest BCUT2D eigenvalue weighted by atomic mass is 10.3. The van der Waals surface area contributed by atoms with Crippen molar-refractivity contribution in [3.05, 3.63) is 42.2 Å². The van der Waals surface area contributed by atoms with E-state index in [1.807, 2.05) is 0 Å². The third kappa shape index (κ3) is 2.19. The van der Waals surface area contributed by atoms with E-state index < -0.39 is 0 Å². The largest absolute Gasteiger partial charge is 0.199 e. The quantitative estimate of drug-likeness (QED) is 0.473. The first-order chi connectivity index (χ1) is 5.88. The number of aromatic nitrogens is 1.